The second-order valence-electron chi connectivity index (χ2n) is 6.44. The molecular weight excluding hydrogens is 410 g/mol. The van der Waals surface area contributed by atoms with E-state index in [-0.39, 0.29) is 17.3 Å². The maximum Gasteiger partial charge on any atom is 0.261 e. The first-order valence-electron chi connectivity index (χ1n) is 8.97. The molecule has 0 fully saturated rings. The van der Waals surface area contributed by atoms with Gasteiger partial charge in [0.25, 0.3) is 5.91 Å². The van der Waals surface area contributed by atoms with E-state index in [1.165, 1.54) is 22.8 Å². The first-order valence-corrected chi connectivity index (χ1v) is 11.2. The van der Waals surface area contributed by atoms with E-state index in [1.807, 2.05) is 0 Å². The number of carbonyl (C=O) groups is 1. The molecule has 0 aliphatic carbocycles. The lowest BCUT2D eigenvalue weighted by atomic mass is 10.2. The number of hydrogen-bond acceptors (Lipinski definition) is 6. The number of hydrogen-bond donors (Lipinski definition) is 1. The summed E-state index contributed by atoms with van der Waals surface area (Å²) in [6.07, 6.45) is 0.502. The summed E-state index contributed by atoms with van der Waals surface area (Å²) in [5, 5.41) is 3.24. The van der Waals surface area contributed by atoms with Crippen LogP contribution in [0.25, 0.3) is 0 Å². The summed E-state index contributed by atoms with van der Waals surface area (Å²) in [6, 6.07) is 15.3. The van der Waals surface area contributed by atoms with Crippen LogP contribution in [0.3, 0.4) is 0 Å². The number of sulfonamides is 1. The van der Waals surface area contributed by atoms with Crippen molar-refractivity contribution in [2.24, 2.45) is 0 Å². The van der Waals surface area contributed by atoms with Crippen molar-refractivity contribution in [2.75, 3.05) is 19.0 Å². The first kappa shape index (κ1) is 19.6. The summed E-state index contributed by atoms with van der Waals surface area (Å²) in [6.45, 7) is 0.600. The third kappa shape index (κ3) is 3.89. The predicted octanol–water partition coefficient (Wildman–Crippen LogP) is 3.15. The molecule has 1 aromatic heterocycles. The van der Waals surface area contributed by atoms with Crippen molar-refractivity contribution in [3.8, 4) is 5.75 Å². The summed E-state index contributed by atoms with van der Waals surface area (Å²) < 4.78 is 32.4. The molecule has 2 heterocycles. The van der Waals surface area contributed by atoms with E-state index in [0.717, 1.165) is 10.6 Å². The maximum atomic E-state index is 12.9. The number of nitrogens with zero attached hydrogens (tertiary/aromatic N) is 2. The van der Waals surface area contributed by atoms with Gasteiger partial charge >= 0.3 is 0 Å². The van der Waals surface area contributed by atoms with E-state index in [9.17, 15) is 13.2 Å². The number of carbonyl (C=O) groups excluding carboxylic acids is 1. The Morgan fingerprint density at radius 2 is 1.86 bits per heavy atom. The van der Waals surface area contributed by atoms with Crippen LogP contribution >= 0.6 is 11.3 Å². The molecule has 1 aliphatic heterocycles. The van der Waals surface area contributed by atoms with Crippen molar-refractivity contribution in [3.63, 3.8) is 0 Å². The van der Waals surface area contributed by atoms with Gasteiger partial charge in [-0.15, -0.1) is 11.3 Å². The molecule has 150 valence electrons. The van der Waals surface area contributed by atoms with Gasteiger partial charge in [0.15, 0.2) is 5.13 Å². The lowest BCUT2D eigenvalue weighted by molar-refractivity contribution is 0.102. The third-order valence-corrected chi connectivity index (χ3v) is 7.51. The number of methoxy groups -OCH3 is 1. The van der Waals surface area contributed by atoms with E-state index in [1.54, 1.807) is 54.6 Å². The van der Waals surface area contributed by atoms with Crippen molar-refractivity contribution in [1.82, 2.24) is 9.29 Å². The van der Waals surface area contributed by atoms with E-state index >= 15 is 0 Å². The zero-order valence-corrected chi connectivity index (χ0v) is 17.3. The van der Waals surface area contributed by atoms with Crippen LogP contribution in [0.5, 0.6) is 5.75 Å². The Morgan fingerprint density at radius 1 is 1.14 bits per heavy atom. The van der Waals surface area contributed by atoms with E-state index in [4.69, 9.17) is 4.74 Å². The van der Waals surface area contributed by atoms with Gasteiger partial charge in [-0.1, -0.05) is 30.3 Å². The molecule has 0 saturated heterocycles. The van der Waals surface area contributed by atoms with E-state index < -0.39 is 10.0 Å². The van der Waals surface area contributed by atoms with Crippen LogP contribution in [0.4, 0.5) is 5.13 Å². The lowest BCUT2D eigenvalue weighted by Gasteiger charge is -2.25. The molecule has 0 unspecified atom stereocenters. The van der Waals surface area contributed by atoms with Crippen LogP contribution < -0.4 is 10.1 Å². The molecule has 0 spiro atoms. The molecule has 1 amide bonds. The van der Waals surface area contributed by atoms with E-state index in [0.29, 0.717) is 29.4 Å². The minimum absolute atomic E-state index is 0.245. The maximum absolute atomic E-state index is 12.9. The van der Waals surface area contributed by atoms with Crippen LogP contribution in [0.1, 0.15) is 20.9 Å². The van der Waals surface area contributed by atoms with Crippen molar-refractivity contribution >= 4 is 32.4 Å². The highest BCUT2D eigenvalue weighted by molar-refractivity contribution is 7.89. The molecule has 0 saturated carbocycles. The number of ether oxygens (including phenoxy) is 1. The Hall–Kier alpha value is -2.75. The molecule has 0 atom stereocenters. The fraction of sp³-hybridized carbons (Fsp3) is 0.200. The van der Waals surface area contributed by atoms with Crippen LogP contribution in [-0.2, 0) is 23.0 Å². The monoisotopic (exact) mass is 429 g/mol. The summed E-state index contributed by atoms with van der Waals surface area (Å²) >= 11 is 1.30. The van der Waals surface area contributed by atoms with Gasteiger partial charge in [0.1, 0.15) is 5.75 Å². The van der Waals surface area contributed by atoms with Gasteiger partial charge in [-0.05, 0) is 24.3 Å². The number of nitrogens with one attached hydrogen (secondary N) is 1. The molecule has 4 rings (SSSR count). The smallest absolute Gasteiger partial charge is 0.261 e. The van der Waals surface area contributed by atoms with Gasteiger partial charge in [0.05, 0.1) is 29.8 Å². The number of aromatic nitrogens is 1. The van der Waals surface area contributed by atoms with Crippen LogP contribution in [0, 0.1) is 0 Å². The number of fused-ring (bicyclic) bond motifs is 1. The Morgan fingerprint density at radius 3 is 2.62 bits per heavy atom. The SMILES string of the molecule is COc1ccccc1C(=O)Nc1nc2c(s1)CN(S(=O)(=O)c1ccccc1)CC2. The van der Waals surface area contributed by atoms with Crippen LogP contribution in [0.2, 0.25) is 0 Å². The average molecular weight is 430 g/mol. The fourth-order valence-corrected chi connectivity index (χ4v) is 5.70. The number of thiazole rings is 1. The minimum atomic E-state index is -3.56. The Bertz CT molecular complexity index is 1140. The summed E-state index contributed by atoms with van der Waals surface area (Å²) in [7, 11) is -2.05. The lowest BCUT2D eigenvalue weighted by Crippen LogP contribution is -2.35. The van der Waals surface area contributed by atoms with Crippen molar-refractivity contribution in [2.45, 2.75) is 17.9 Å². The second-order valence-corrected chi connectivity index (χ2v) is 9.47. The topological polar surface area (TPSA) is 88.6 Å². The largest absolute Gasteiger partial charge is 0.496 e. The minimum Gasteiger partial charge on any atom is -0.496 e. The summed E-state index contributed by atoms with van der Waals surface area (Å²) in [5.41, 5.74) is 1.24. The zero-order valence-electron chi connectivity index (χ0n) is 15.7. The molecule has 1 aliphatic rings. The Balaban J connectivity index is 1.52. The van der Waals surface area contributed by atoms with Gasteiger partial charge in [-0.3, -0.25) is 10.1 Å². The number of anilines is 1. The molecular formula is C20H19N3O4S2. The van der Waals surface area contributed by atoms with Gasteiger partial charge < -0.3 is 4.74 Å². The fourth-order valence-electron chi connectivity index (χ4n) is 3.17. The standard InChI is InChI=1S/C20H19N3O4S2/c1-27-17-10-6-5-9-15(17)19(24)22-20-21-16-11-12-23(13-18(16)28-20)29(25,26)14-7-3-2-4-8-14/h2-10H,11-13H2,1H3,(H,21,22,24). The normalized spacial score (nSPS) is 14.2. The van der Waals surface area contributed by atoms with E-state index in [2.05, 4.69) is 10.3 Å². The third-order valence-electron chi connectivity index (χ3n) is 4.65. The Labute approximate surface area is 173 Å². The molecule has 1 N–H and O–H groups in total. The van der Waals surface area contributed by atoms with Gasteiger partial charge in [0, 0.05) is 17.8 Å². The highest BCUT2D eigenvalue weighted by Crippen LogP contribution is 2.31. The van der Waals surface area contributed by atoms with Crippen LogP contribution in [-0.4, -0.2) is 37.3 Å². The summed E-state index contributed by atoms with van der Waals surface area (Å²) in [5.74, 6) is 0.161. The van der Waals surface area contributed by atoms with Crippen molar-refractivity contribution in [3.05, 3.63) is 70.7 Å². The Kier molecular flexibility index (Phi) is 5.35. The second kappa shape index (κ2) is 7.94. The van der Waals surface area contributed by atoms with Crippen molar-refractivity contribution < 1.29 is 17.9 Å². The first-order chi connectivity index (χ1) is 14.0. The number of amides is 1. The number of para-hydroxylation sites is 1. The van der Waals surface area contributed by atoms with Gasteiger partial charge in [-0.2, -0.15) is 4.31 Å². The molecule has 0 bridgehead atoms. The highest BCUT2D eigenvalue weighted by atomic mass is 32.2. The molecule has 9 heteroatoms. The summed E-state index contributed by atoms with van der Waals surface area (Å²) in [4.78, 5) is 18.2. The average Bonchev–Trinajstić information content (AvgIpc) is 3.15. The highest BCUT2D eigenvalue weighted by Gasteiger charge is 2.30. The predicted molar refractivity (Wildman–Crippen MR) is 111 cm³/mol. The van der Waals surface area contributed by atoms with Gasteiger partial charge in [0.2, 0.25) is 10.0 Å². The van der Waals surface area contributed by atoms with Crippen molar-refractivity contribution in [1.29, 1.82) is 0 Å². The zero-order chi connectivity index (χ0) is 20.4. The molecule has 3 aromatic rings. The number of benzene rings is 2. The molecule has 7 nitrogen and oxygen atoms in total. The molecule has 0 radical (unpaired) electrons. The quantitative estimate of drug-likeness (QED) is 0.673. The molecule has 2 aromatic carbocycles. The number of rotatable bonds is 5. The van der Waals surface area contributed by atoms with Crippen LogP contribution in [0.15, 0.2) is 59.5 Å². The van der Waals surface area contributed by atoms with Gasteiger partial charge in [-0.25, -0.2) is 13.4 Å². The molecule has 29 heavy (non-hydrogen) atoms.